The van der Waals surface area contributed by atoms with Gasteiger partial charge in [0, 0.05) is 30.9 Å². The lowest BCUT2D eigenvalue weighted by Crippen LogP contribution is -2.34. The number of likely N-dealkylation sites (N-methyl/N-ethyl adjacent to an activating group) is 1. The van der Waals surface area contributed by atoms with Gasteiger partial charge in [-0.3, -0.25) is 5.01 Å². The van der Waals surface area contributed by atoms with Crippen LogP contribution in [0.1, 0.15) is 42.6 Å². The Morgan fingerprint density at radius 2 is 1.70 bits per heavy atom. The highest BCUT2D eigenvalue weighted by Gasteiger charge is 2.38. The Hall–Kier alpha value is -2.36. The maximum absolute atomic E-state index is 4.60. The molecule has 0 N–H and O–H groups in total. The van der Waals surface area contributed by atoms with Crippen molar-refractivity contribution in [3.63, 3.8) is 0 Å². The van der Waals surface area contributed by atoms with Crippen LogP contribution in [0.5, 0.6) is 0 Å². The quantitative estimate of drug-likeness (QED) is 0.776. The molecule has 0 spiro atoms. The minimum absolute atomic E-state index is 0.0545. The molecule has 2 aromatic carbocycles. The van der Waals surface area contributed by atoms with Gasteiger partial charge >= 0.3 is 0 Å². The molecule has 118 valence electrons. The molecule has 0 aliphatic carbocycles. The van der Waals surface area contributed by atoms with Crippen LogP contribution in [0, 0.1) is 0 Å². The summed E-state index contributed by atoms with van der Waals surface area (Å²) in [6.45, 7) is 5.42. The topological polar surface area (TPSA) is 31.2 Å². The Bertz CT molecular complexity index is 753. The fourth-order valence-electron chi connectivity index (χ4n) is 3.76. The van der Waals surface area contributed by atoms with Gasteiger partial charge in [-0.15, -0.1) is 0 Å². The van der Waals surface area contributed by atoms with E-state index >= 15 is 0 Å². The molecule has 2 unspecified atom stereocenters. The highest BCUT2D eigenvalue weighted by Crippen LogP contribution is 2.47. The molecule has 0 saturated heterocycles. The van der Waals surface area contributed by atoms with Gasteiger partial charge in [0.05, 0.1) is 0 Å². The lowest BCUT2D eigenvalue weighted by molar-refractivity contribution is 0.272. The summed E-state index contributed by atoms with van der Waals surface area (Å²) in [5.41, 5.74) is 5.25. The van der Waals surface area contributed by atoms with Crippen molar-refractivity contribution in [1.29, 1.82) is 0 Å². The summed E-state index contributed by atoms with van der Waals surface area (Å²) >= 11 is 0. The summed E-state index contributed by atoms with van der Waals surface area (Å²) in [5.74, 6) is 0. The Morgan fingerprint density at radius 3 is 2.48 bits per heavy atom. The number of nitrogens with zero attached hydrogens (tertiary/aromatic N) is 4. The third-order valence-electron chi connectivity index (χ3n) is 4.92. The smallest absolute Gasteiger partial charge is 0.126 e. The summed E-state index contributed by atoms with van der Waals surface area (Å²) in [4.78, 5) is 2.47. The molecule has 4 rings (SSSR count). The second-order valence-corrected chi connectivity index (χ2v) is 6.65. The monoisotopic (exact) mass is 306 g/mol. The first-order valence-corrected chi connectivity index (χ1v) is 8.24. The molecule has 0 saturated carbocycles. The Morgan fingerprint density at radius 1 is 1.00 bits per heavy atom. The van der Waals surface area contributed by atoms with Crippen molar-refractivity contribution in [3.8, 4) is 0 Å². The average molecular weight is 306 g/mol. The van der Waals surface area contributed by atoms with E-state index in [0.29, 0.717) is 6.04 Å². The maximum atomic E-state index is 4.60. The van der Waals surface area contributed by atoms with E-state index in [1.54, 1.807) is 0 Å². The molecular formula is C19H22N4. The van der Waals surface area contributed by atoms with Gasteiger partial charge in [-0.1, -0.05) is 47.7 Å². The van der Waals surface area contributed by atoms with E-state index in [1.165, 1.54) is 22.4 Å². The first-order chi connectivity index (χ1) is 11.2. The largest absolute Gasteiger partial charge is 0.364 e. The van der Waals surface area contributed by atoms with Gasteiger partial charge < -0.3 is 4.90 Å². The molecule has 2 atom stereocenters. The lowest BCUT2D eigenvalue weighted by Gasteiger charge is -2.37. The second kappa shape index (κ2) is 5.37. The number of hydrogen-bond acceptors (Lipinski definition) is 4. The van der Waals surface area contributed by atoms with Crippen molar-refractivity contribution in [2.75, 3.05) is 11.9 Å². The normalized spacial score (nSPS) is 22.4. The molecule has 4 nitrogen and oxygen atoms in total. The number of para-hydroxylation sites is 1. The van der Waals surface area contributed by atoms with Crippen molar-refractivity contribution in [2.45, 2.75) is 38.5 Å². The fourth-order valence-corrected chi connectivity index (χ4v) is 3.76. The standard InChI is InChI=1S/C19H22N4/c1-13(2)23-12-14-8-4-5-9-15(14)19-18(20-21-22(19)3)16-10-6-7-11-17(16)23/h4-11,13,18-19H,12H2,1-3H3. The Balaban J connectivity index is 1.95. The number of benzene rings is 2. The van der Waals surface area contributed by atoms with Crippen LogP contribution in [0.15, 0.2) is 58.9 Å². The minimum atomic E-state index is 0.0545. The zero-order valence-electron chi connectivity index (χ0n) is 13.8. The van der Waals surface area contributed by atoms with E-state index in [0.717, 1.165) is 6.54 Å². The Labute approximate surface area is 137 Å². The van der Waals surface area contributed by atoms with Gasteiger partial charge in [-0.2, -0.15) is 5.11 Å². The van der Waals surface area contributed by atoms with Crippen LogP contribution in [0.25, 0.3) is 0 Å². The minimum Gasteiger partial charge on any atom is -0.364 e. The van der Waals surface area contributed by atoms with Crippen LogP contribution >= 0.6 is 0 Å². The first-order valence-electron chi connectivity index (χ1n) is 8.24. The predicted molar refractivity (Wildman–Crippen MR) is 92.3 cm³/mol. The maximum Gasteiger partial charge on any atom is 0.126 e. The van der Waals surface area contributed by atoms with Gasteiger partial charge in [0.25, 0.3) is 0 Å². The van der Waals surface area contributed by atoms with Crippen molar-refractivity contribution >= 4 is 5.69 Å². The van der Waals surface area contributed by atoms with Gasteiger partial charge in [0.2, 0.25) is 0 Å². The third-order valence-corrected chi connectivity index (χ3v) is 4.92. The van der Waals surface area contributed by atoms with E-state index in [1.807, 2.05) is 12.1 Å². The van der Waals surface area contributed by atoms with Gasteiger partial charge in [0.1, 0.15) is 12.1 Å². The summed E-state index contributed by atoms with van der Waals surface area (Å²) in [6.07, 6.45) is 0. The van der Waals surface area contributed by atoms with Crippen molar-refractivity contribution < 1.29 is 0 Å². The molecule has 0 amide bonds. The SMILES string of the molecule is CC(C)N1Cc2ccccc2C2C(N=NN2C)c2ccccc21. The van der Waals surface area contributed by atoms with Gasteiger partial charge in [0.15, 0.2) is 0 Å². The van der Waals surface area contributed by atoms with Gasteiger partial charge in [-0.25, -0.2) is 0 Å². The van der Waals surface area contributed by atoms with Gasteiger partial charge in [-0.05, 0) is 31.0 Å². The van der Waals surface area contributed by atoms with E-state index in [4.69, 9.17) is 0 Å². The summed E-state index contributed by atoms with van der Waals surface area (Å²) in [7, 11) is 2.02. The summed E-state index contributed by atoms with van der Waals surface area (Å²) in [5, 5.41) is 11.0. The lowest BCUT2D eigenvalue weighted by atomic mass is 9.87. The summed E-state index contributed by atoms with van der Waals surface area (Å²) in [6, 6.07) is 18.0. The molecular weight excluding hydrogens is 284 g/mol. The molecule has 0 fully saturated rings. The summed E-state index contributed by atoms with van der Waals surface area (Å²) < 4.78 is 0. The number of hydrogen-bond donors (Lipinski definition) is 0. The molecule has 2 aliphatic rings. The number of fused-ring (bicyclic) bond motifs is 5. The molecule has 0 aromatic heterocycles. The van der Waals surface area contributed by atoms with E-state index in [2.05, 4.69) is 77.6 Å². The van der Waals surface area contributed by atoms with Crippen molar-refractivity contribution in [1.82, 2.24) is 5.01 Å². The highest BCUT2D eigenvalue weighted by molar-refractivity contribution is 5.58. The van der Waals surface area contributed by atoms with Crippen LogP contribution in [0.2, 0.25) is 0 Å². The van der Waals surface area contributed by atoms with Crippen LogP contribution < -0.4 is 4.90 Å². The second-order valence-electron chi connectivity index (χ2n) is 6.65. The van der Waals surface area contributed by atoms with E-state index < -0.39 is 0 Å². The van der Waals surface area contributed by atoms with Crippen LogP contribution in [0.4, 0.5) is 5.69 Å². The van der Waals surface area contributed by atoms with Crippen LogP contribution in [-0.2, 0) is 6.54 Å². The average Bonchev–Trinajstić information content (AvgIpc) is 2.92. The van der Waals surface area contributed by atoms with Crippen molar-refractivity contribution in [3.05, 3.63) is 65.2 Å². The first kappa shape index (κ1) is 14.2. The van der Waals surface area contributed by atoms with E-state index in [-0.39, 0.29) is 12.1 Å². The fraction of sp³-hybridized carbons (Fsp3) is 0.368. The zero-order chi connectivity index (χ0) is 16.0. The third kappa shape index (κ3) is 2.21. The van der Waals surface area contributed by atoms with Crippen molar-refractivity contribution in [2.24, 2.45) is 10.3 Å². The van der Waals surface area contributed by atoms with E-state index in [9.17, 15) is 0 Å². The predicted octanol–water partition coefficient (Wildman–Crippen LogP) is 4.51. The highest BCUT2D eigenvalue weighted by atomic mass is 15.6. The number of anilines is 1. The molecule has 2 aromatic rings. The molecule has 0 bridgehead atoms. The zero-order valence-corrected chi connectivity index (χ0v) is 13.8. The molecule has 23 heavy (non-hydrogen) atoms. The molecule has 2 aliphatic heterocycles. The molecule has 2 heterocycles. The van der Waals surface area contributed by atoms with Crippen LogP contribution in [-0.4, -0.2) is 18.1 Å². The molecule has 4 heteroatoms. The van der Waals surface area contributed by atoms with Crippen LogP contribution in [0.3, 0.4) is 0 Å². The molecule has 0 radical (unpaired) electrons. The number of rotatable bonds is 1. The Kier molecular flexibility index (Phi) is 3.33.